The van der Waals surface area contributed by atoms with Gasteiger partial charge in [-0.05, 0) is 44.9 Å². The van der Waals surface area contributed by atoms with Gasteiger partial charge in [-0.2, -0.15) is 0 Å². The summed E-state index contributed by atoms with van der Waals surface area (Å²) in [6, 6.07) is 7.61. The smallest absolute Gasteiger partial charge is 0.308 e. The van der Waals surface area contributed by atoms with Crippen molar-refractivity contribution in [3.05, 3.63) is 29.3 Å². The standard InChI is InChI=1S/C14H18ClNO2/c1-14(2)12(13(17)18)7-4-8-16(14)11-6-3-5-10(15)9-11/h3,5-6,9,12H,4,7-8H2,1-2H3,(H,17,18). The van der Waals surface area contributed by atoms with Gasteiger partial charge in [-0.15, -0.1) is 0 Å². The molecule has 1 aliphatic heterocycles. The minimum atomic E-state index is -0.716. The van der Waals surface area contributed by atoms with Crippen molar-refractivity contribution in [1.29, 1.82) is 0 Å². The fraction of sp³-hybridized carbons (Fsp3) is 0.500. The van der Waals surface area contributed by atoms with Crippen LogP contribution in [0.25, 0.3) is 0 Å². The third-order valence-electron chi connectivity index (χ3n) is 3.84. The van der Waals surface area contributed by atoms with Crippen molar-refractivity contribution in [2.45, 2.75) is 32.2 Å². The normalized spacial score (nSPS) is 22.8. The Hall–Kier alpha value is -1.22. The molecule has 1 saturated heterocycles. The number of carboxylic acid groups (broad SMARTS) is 1. The van der Waals surface area contributed by atoms with Crippen molar-refractivity contribution in [2.75, 3.05) is 11.4 Å². The van der Waals surface area contributed by atoms with Crippen LogP contribution in [0.4, 0.5) is 5.69 Å². The Labute approximate surface area is 112 Å². The van der Waals surface area contributed by atoms with E-state index in [1.807, 2.05) is 38.1 Å². The van der Waals surface area contributed by atoms with Crippen LogP contribution in [0.5, 0.6) is 0 Å². The quantitative estimate of drug-likeness (QED) is 0.893. The summed E-state index contributed by atoms with van der Waals surface area (Å²) < 4.78 is 0. The van der Waals surface area contributed by atoms with E-state index >= 15 is 0 Å². The lowest BCUT2D eigenvalue weighted by atomic mass is 9.78. The predicted molar refractivity (Wildman–Crippen MR) is 73.2 cm³/mol. The van der Waals surface area contributed by atoms with Gasteiger partial charge >= 0.3 is 5.97 Å². The van der Waals surface area contributed by atoms with Crippen LogP contribution < -0.4 is 4.90 Å². The molecule has 1 atom stereocenters. The van der Waals surface area contributed by atoms with Crippen molar-refractivity contribution in [3.63, 3.8) is 0 Å². The van der Waals surface area contributed by atoms with E-state index in [0.29, 0.717) is 5.02 Å². The van der Waals surface area contributed by atoms with E-state index < -0.39 is 11.5 Å². The van der Waals surface area contributed by atoms with E-state index in [0.717, 1.165) is 25.1 Å². The molecule has 1 fully saturated rings. The molecule has 0 radical (unpaired) electrons. The van der Waals surface area contributed by atoms with E-state index in [-0.39, 0.29) is 5.92 Å². The molecule has 4 heteroatoms. The highest BCUT2D eigenvalue weighted by Crippen LogP contribution is 2.37. The zero-order valence-electron chi connectivity index (χ0n) is 10.7. The summed E-state index contributed by atoms with van der Waals surface area (Å²) in [4.78, 5) is 13.5. The van der Waals surface area contributed by atoms with Crippen LogP contribution in [0, 0.1) is 5.92 Å². The Morgan fingerprint density at radius 2 is 2.22 bits per heavy atom. The fourth-order valence-electron chi connectivity index (χ4n) is 2.81. The first-order valence-electron chi connectivity index (χ1n) is 6.19. The van der Waals surface area contributed by atoms with E-state index in [1.54, 1.807) is 0 Å². The van der Waals surface area contributed by atoms with Crippen LogP contribution in [-0.2, 0) is 4.79 Å². The van der Waals surface area contributed by atoms with Crippen molar-refractivity contribution in [2.24, 2.45) is 5.92 Å². The minimum Gasteiger partial charge on any atom is -0.481 e. The molecule has 0 saturated carbocycles. The van der Waals surface area contributed by atoms with Gasteiger partial charge in [0.1, 0.15) is 0 Å². The second-order valence-electron chi connectivity index (χ2n) is 5.32. The Kier molecular flexibility index (Phi) is 3.53. The first kappa shape index (κ1) is 13.2. The molecule has 1 aliphatic rings. The molecule has 0 spiro atoms. The summed E-state index contributed by atoms with van der Waals surface area (Å²) in [6.07, 6.45) is 1.63. The molecule has 0 amide bonds. The molecule has 18 heavy (non-hydrogen) atoms. The van der Waals surface area contributed by atoms with Gasteiger partial charge in [0.2, 0.25) is 0 Å². The zero-order chi connectivity index (χ0) is 13.3. The van der Waals surface area contributed by atoms with Gasteiger partial charge in [-0.1, -0.05) is 17.7 Å². The molecule has 0 bridgehead atoms. The van der Waals surface area contributed by atoms with E-state index in [9.17, 15) is 9.90 Å². The lowest BCUT2D eigenvalue weighted by molar-refractivity contribution is -0.144. The third-order valence-corrected chi connectivity index (χ3v) is 4.08. The van der Waals surface area contributed by atoms with Gasteiger partial charge < -0.3 is 10.0 Å². The maximum absolute atomic E-state index is 11.4. The lowest BCUT2D eigenvalue weighted by Gasteiger charge is -2.47. The first-order chi connectivity index (χ1) is 8.43. The molecule has 1 aromatic carbocycles. The highest BCUT2D eigenvalue weighted by Gasteiger charge is 2.42. The average molecular weight is 268 g/mol. The number of carboxylic acids is 1. The highest BCUT2D eigenvalue weighted by molar-refractivity contribution is 6.30. The molecule has 1 N–H and O–H groups in total. The first-order valence-corrected chi connectivity index (χ1v) is 6.57. The fourth-order valence-corrected chi connectivity index (χ4v) is 3.00. The molecule has 2 rings (SSSR count). The number of benzene rings is 1. The molecule has 3 nitrogen and oxygen atoms in total. The number of nitrogens with zero attached hydrogens (tertiary/aromatic N) is 1. The maximum Gasteiger partial charge on any atom is 0.308 e. The molecule has 1 unspecified atom stereocenters. The van der Waals surface area contributed by atoms with Crippen LogP contribution in [-0.4, -0.2) is 23.2 Å². The van der Waals surface area contributed by atoms with Crippen molar-refractivity contribution < 1.29 is 9.90 Å². The van der Waals surface area contributed by atoms with E-state index in [2.05, 4.69) is 4.90 Å². The van der Waals surface area contributed by atoms with Crippen molar-refractivity contribution >= 4 is 23.3 Å². The van der Waals surface area contributed by atoms with Gasteiger partial charge in [-0.25, -0.2) is 0 Å². The molecule has 0 aliphatic carbocycles. The monoisotopic (exact) mass is 267 g/mol. The number of halogens is 1. The van der Waals surface area contributed by atoms with Crippen LogP contribution in [0.3, 0.4) is 0 Å². The average Bonchev–Trinajstić information content (AvgIpc) is 2.27. The Balaban J connectivity index is 2.35. The van der Waals surface area contributed by atoms with Crippen LogP contribution in [0.1, 0.15) is 26.7 Å². The van der Waals surface area contributed by atoms with Gasteiger partial charge in [-0.3, -0.25) is 4.79 Å². The zero-order valence-corrected chi connectivity index (χ0v) is 11.4. The molecule has 1 aromatic rings. The summed E-state index contributed by atoms with van der Waals surface area (Å²) in [5.74, 6) is -1.06. The molecular formula is C14H18ClNO2. The minimum absolute atomic E-state index is 0.342. The van der Waals surface area contributed by atoms with E-state index in [4.69, 9.17) is 11.6 Å². The summed E-state index contributed by atoms with van der Waals surface area (Å²) in [5.41, 5.74) is 0.604. The number of anilines is 1. The van der Waals surface area contributed by atoms with Crippen molar-refractivity contribution in [3.8, 4) is 0 Å². The summed E-state index contributed by atoms with van der Waals surface area (Å²) in [5, 5.41) is 10.0. The Morgan fingerprint density at radius 1 is 1.50 bits per heavy atom. The highest BCUT2D eigenvalue weighted by atomic mass is 35.5. The lowest BCUT2D eigenvalue weighted by Crippen LogP contribution is -2.55. The topological polar surface area (TPSA) is 40.5 Å². The van der Waals surface area contributed by atoms with Gasteiger partial charge in [0, 0.05) is 22.8 Å². The van der Waals surface area contributed by atoms with Crippen LogP contribution >= 0.6 is 11.6 Å². The number of rotatable bonds is 2. The second kappa shape index (κ2) is 4.81. The Bertz CT molecular complexity index is 459. The maximum atomic E-state index is 11.4. The second-order valence-corrected chi connectivity index (χ2v) is 5.75. The van der Waals surface area contributed by atoms with Crippen LogP contribution in [0.2, 0.25) is 5.02 Å². The number of carbonyl (C=O) groups is 1. The number of hydrogen-bond acceptors (Lipinski definition) is 2. The number of piperidine rings is 1. The van der Waals surface area contributed by atoms with Crippen LogP contribution in [0.15, 0.2) is 24.3 Å². The van der Waals surface area contributed by atoms with Gasteiger partial charge in [0.25, 0.3) is 0 Å². The summed E-state index contributed by atoms with van der Waals surface area (Å²) >= 11 is 6.01. The summed E-state index contributed by atoms with van der Waals surface area (Å²) in [7, 11) is 0. The molecular weight excluding hydrogens is 250 g/mol. The number of aliphatic carboxylic acids is 1. The molecule has 1 heterocycles. The molecule has 98 valence electrons. The largest absolute Gasteiger partial charge is 0.481 e. The van der Waals surface area contributed by atoms with Crippen molar-refractivity contribution in [1.82, 2.24) is 0 Å². The van der Waals surface area contributed by atoms with Gasteiger partial charge in [0.15, 0.2) is 0 Å². The van der Waals surface area contributed by atoms with E-state index in [1.165, 1.54) is 0 Å². The summed E-state index contributed by atoms with van der Waals surface area (Å²) in [6.45, 7) is 4.86. The number of hydrogen-bond donors (Lipinski definition) is 1. The predicted octanol–water partition coefficient (Wildman–Crippen LogP) is 3.42. The van der Waals surface area contributed by atoms with Gasteiger partial charge in [0.05, 0.1) is 5.92 Å². The molecule has 0 aromatic heterocycles. The Morgan fingerprint density at radius 3 is 2.83 bits per heavy atom. The third kappa shape index (κ3) is 2.32. The SMILES string of the molecule is CC1(C)C(C(=O)O)CCCN1c1cccc(Cl)c1.